The maximum atomic E-state index is 14.7. The van der Waals surface area contributed by atoms with Crippen LogP contribution in [-0.4, -0.2) is 53.4 Å². The second kappa shape index (κ2) is 8.04. The molecule has 2 fully saturated rings. The van der Waals surface area contributed by atoms with Gasteiger partial charge in [-0.25, -0.2) is 23.4 Å². The van der Waals surface area contributed by atoms with Crippen LogP contribution in [0.1, 0.15) is 45.4 Å². The van der Waals surface area contributed by atoms with Crippen molar-refractivity contribution in [2.24, 2.45) is 7.05 Å². The highest BCUT2D eigenvalue weighted by molar-refractivity contribution is 5.63. The molecule has 35 heavy (non-hydrogen) atoms. The van der Waals surface area contributed by atoms with E-state index in [4.69, 9.17) is 4.74 Å². The second-order valence-corrected chi connectivity index (χ2v) is 10.2. The van der Waals surface area contributed by atoms with Gasteiger partial charge in [0.1, 0.15) is 12.4 Å². The Bertz CT molecular complexity index is 1350. The first kappa shape index (κ1) is 22.0. The molecule has 0 radical (unpaired) electrons. The number of fused-ring (bicyclic) bond motifs is 4. The summed E-state index contributed by atoms with van der Waals surface area (Å²) in [4.78, 5) is 23.7. The van der Waals surface area contributed by atoms with Gasteiger partial charge in [-0.15, -0.1) is 0 Å². The van der Waals surface area contributed by atoms with Crippen molar-refractivity contribution in [2.45, 2.75) is 63.8 Å². The lowest BCUT2D eigenvalue weighted by Gasteiger charge is -2.47. The van der Waals surface area contributed by atoms with Crippen molar-refractivity contribution < 1.29 is 9.13 Å². The summed E-state index contributed by atoms with van der Waals surface area (Å²) in [5.41, 5.74) is 1.05. The number of rotatable bonds is 4. The maximum absolute atomic E-state index is 14.7. The summed E-state index contributed by atoms with van der Waals surface area (Å²) in [6.07, 6.45) is 5.48. The van der Waals surface area contributed by atoms with Crippen molar-refractivity contribution in [1.29, 1.82) is 0 Å². The van der Waals surface area contributed by atoms with E-state index in [9.17, 15) is 9.18 Å². The van der Waals surface area contributed by atoms with E-state index in [1.54, 1.807) is 19.2 Å². The molecule has 2 N–H and O–H groups in total. The number of benzene rings is 1. The van der Waals surface area contributed by atoms with Crippen molar-refractivity contribution in [2.75, 3.05) is 17.2 Å². The Labute approximate surface area is 202 Å². The number of aromatic nitrogens is 5. The van der Waals surface area contributed by atoms with Crippen LogP contribution in [0.25, 0.3) is 5.69 Å². The molecule has 0 bridgehead atoms. The molecule has 0 amide bonds. The predicted molar refractivity (Wildman–Crippen MR) is 129 cm³/mol. The Kier molecular flexibility index (Phi) is 5.06. The molecule has 10 nitrogen and oxygen atoms in total. The highest BCUT2D eigenvalue weighted by Crippen LogP contribution is 2.38. The third-order valence-corrected chi connectivity index (χ3v) is 7.35. The van der Waals surface area contributed by atoms with Gasteiger partial charge in [0.05, 0.1) is 11.9 Å². The molecule has 3 aliphatic rings. The normalized spacial score (nSPS) is 22.6. The van der Waals surface area contributed by atoms with Crippen LogP contribution < -0.4 is 21.1 Å². The van der Waals surface area contributed by atoms with E-state index in [0.717, 1.165) is 19.4 Å². The van der Waals surface area contributed by atoms with Gasteiger partial charge in [-0.05, 0) is 64.3 Å². The molecule has 5 heterocycles. The van der Waals surface area contributed by atoms with Crippen LogP contribution >= 0.6 is 0 Å². The SMILES string of the molecule is Cn1nc2n(c1=O)-c1cc(Nc3ncc(F)c(NC4CC5CCCN5C(C)(C)C4)n3)ccc1OC2. The van der Waals surface area contributed by atoms with Gasteiger partial charge in [0.25, 0.3) is 0 Å². The molecule has 3 aromatic rings. The Hall–Kier alpha value is -3.47. The van der Waals surface area contributed by atoms with E-state index in [1.165, 1.54) is 28.3 Å². The molecule has 1 aromatic carbocycles. The third-order valence-electron chi connectivity index (χ3n) is 7.35. The van der Waals surface area contributed by atoms with Crippen molar-refractivity contribution in [3.63, 3.8) is 0 Å². The van der Waals surface area contributed by atoms with Crippen LogP contribution in [0.15, 0.2) is 29.2 Å². The summed E-state index contributed by atoms with van der Waals surface area (Å²) in [5, 5.41) is 10.7. The Morgan fingerprint density at radius 1 is 1.29 bits per heavy atom. The lowest BCUT2D eigenvalue weighted by atomic mass is 9.84. The van der Waals surface area contributed by atoms with Gasteiger partial charge >= 0.3 is 5.69 Å². The van der Waals surface area contributed by atoms with E-state index in [2.05, 4.69) is 44.4 Å². The van der Waals surface area contributed by atoms with E-state index >= 15 is 0 Å². The number of piperidine rings is 1. The van der Waals surface area contributed by atoms with Crippen LogP contribution in [0.3, 0.4) is 0 Å². The molecule has 0 aliphatic carbocycles. The summed E-state index contributed by atoms with van der Waals surface area (Å²) in [6.45, 7) is 5.89. The molecule has 11 heteroatoms. The van der Waals surface area contributed by atoms with Gasteiger partial charge in [0.15, 0.2) is 17.5 Å². The van der Waals surface area contributed by atoms with Crippen molar-refractivity contribution >= 4 is 17.5 Å². The first-order valence-corrected chi connectivity index (χ1v) is 12.0. The van der Waals surface area contributed by atoms with Crippen LogP contribution in [0.5, 0.6) is 5.75 Å². The number of ether oxygens (including phenoxy) is 1. The molecular formula is C24H29FN8O2. The number of nitrogens with one attached hydrogen (secondary N) is 2. The summed E-state index contributed by atoms with van der Waals surface area (Å²) in [6, 6.07) is 6.03. The monoisotopic (exact) mass is 480 g/mol. The zero-order chi connectivity index (χ0) is 24.3. The number of anilines is 3. The van der Waals surface area contributed by atoms with Crippen LogP contribution in [0.4, 0.5) is 21.8 Å². The number of aryl methyl sites for hydroxylation is 1. The van der Waals surface area contributed by atoms with Gasteiger partial charge in [-0.3, -0.25) is 4.90 Å². The minimum Gasteiger partial charge on any atom is -0.483 e. The molecule has 3 aliphatic heterocycles. The first-order chi connectivity index (χ1) is 16.8. The van der Waals surface area contributed by atoms with Gasteiger partial charge in [-0.2, -0.15) is 10.1 Å². The van der Waals surface area contributed by atoms with Gasteiger partial charge in [0, 0.05) is 30.4 Å². The van der Waals surface area contributed by atoms with Gasteiger partial charge in [0.2, 0.25) is 5.95 Å². The fourth-order valence-electron chi connectivity index (χ4n) is 5.86. The van der Waals surface area contributed by atoms with Gasteiger partial charge in [-0.1, -0.05) is 0 Å². The first-order valence-electron chi connectivity index (χ1n) is 12.0. The Morgan fingerprint density at radius 3 is 3.00 bits per heavy atom. The average Bonchev–Trinajstić information content (AvgIpc) is 3.41. The zero-order valence-corrected chi connectivity index (χ0v) is 20.1. The minimum absolute atomic E-state index is 0.0656. The number of hydrogen-bond donors (Lipinski definition) is 2. The summed E-state index contributed by atoms with van der Waals surface area (Å²) in [5.74, 6) is 1.10. The van der Waals surface area contributed by atoms with Crippen LogP contribution in [0.2, 0.25) is 0 Å². The number of hydrogen-bond acceptors (Lipinski definition) is 8. The largest absolute Gasteiger partial charge is 0.483 e. The van der Waals surface area contributed by atoms with Gasteiger partial charge < -0.3 is 15.4 Å². The quantitative estimate of drug-likeness (QED) is 0.588. The minimum atomic E-state index is -0.479. The molecule has 2 atom stereocenters. The van der Waals surface area contributed by atoms with E-state index in [1.807, 2.05) is 6.07 Å². The third kappa shape index (κ3) is 3.83. The molecule has 2 unspecified atom stereocenters. The Morgan fingerprint density at radius 2 is 2.14 bits per heavy atom. The summed E-state index contributed by atoms with van der Waals surface area (Å²) in [7, 11) is 1.61. The topological polar surface area (TPSA) is 102 Å². The maximum Gasteiger partial charge on any atom is 0.350 e. The van der Waals surface area contributed by atoms with E-state index < -0.39 is 5.82 Å². The van der Waals surface area contributed by atoms with Crippen LogP contribution in [-0.2, 0) is 13.7 Å². The molecule has 2 saturated heterocycles. The fourth-order valence-corrected chi connectivity index (χ4v) is 5.86. The predicted octanol–water partition coefficient (Wildman–Crippen LogP) is 2.95. The van der Waals surface area contributed by atoms with E-state index in [0.29, 0.717) is 29.0 Å². The Balaban J connectivity index is 1.24. The second-order valence-electron chi connectivity index (χ2n) is 10.2. The molecule has 0 spiro atoms. The molecular weight excluding hydrogens is 451 g/mol. The van der Waals surface area contributed by atoms with Crippen molar-refractivity contribution in [3.8, 4) is 11.4 Å². The van der Waals surface area contributed by atoms with Crippen molar-refractivity contribution in [3.05, 3.63) is 46.5 Å². The standard InChI is InChI=1S/C24H29FN8O2/c1-24(2)11-15(9-16-5-4-8-32(16)24)27-21-17(25)12-26-22(29-21)28-14-6-7-19-18(10-14)33-20(13-35-19)30-31(3)23(33)34/h6-7,10,12,15-16H,4-5,8-9,11,13H2,1-3H3,(H2,26,27,28,29). The molecule has 184 valence electrons. The fraction of sp³-hybridized carbons (Fsp3) is 0.500. The zero-order valence-electron chi connectivity index (χ0n) is 20.1. The lowest BCUT2D eigenvalue weighted by Crippen LogP contribution is -2.55. The molecule has 0 saturated carbocycles. The smallest absolute Gasteiger partial charge is 0.350 e. The summed E-state index contributed by atoms with van der Waals surface area (Å²) >= 11 is 0. The van der Waals surface area contributed by atoms with E-state index in [-0.39, 0.29) is 35.6 Å². The number of nitrogens with zero attached hydrogens (tertiary/aromatic N) is 6. The summed E-state index contributed by atoms with van der Waals surface area (Å²) < 4.78 is 23.2. The molecule has 6 rings (SSSR count). The highest BCUT2D eigenvalue weighted by Gasteiger charge is 2.43. The highest BCUT2D eigenvalue weighted by atomic mass is 19.1. The number of halogens is 1. The molecule has 2 aromatic heterocycles. The average molecular weight is 481 g/mol. The van der Waals surface area contributed by atoms with Crippen molar-refractivity contribution in [1.82, 2.24) is 29.2 Å². The lowest BCUT2D eigenvalue weighted by molar-refractivity contribution is 0.0500. The van der Waals surface area contributed by atoms with Crippen LogP contribution in [0, 0.1) is 5.82 Å².